The molecule has 0 spiro atoms. The molecule has 0 saturated carbocycles. The zero-order chi connectivity index (χ0) is 15.9. The van der Waals surface area contributed by atoms with Crippen molar-refractivity contribution in [1.82, 2.24) is 10.1 Å². The lowest BCUT2D eigenvalue weighted by molar-refractivity contribution is -0.141. The minimum Gasteiger partial charge on any atom is -0.469 e. The molecule has 1 heterocycles. The predicted molar refractivity (Wildman–Crippen MR) is 79.0 cm³/mol. The number of esters is 1. The van der Waals surface area contributed by atoms with Gasteiger partial charge in [-0.2, -0.15) is 4.98 Å². The van der Waals surface area contributed by atoms with Crippen molar-refractivity contribution in [2.45, 2.75) is 26.2 Å². The van der Waals surface area contributed by atoms with Crippen LogP contribution in [0.5, 0.6) is 0 Å². The number of hydrogen-bond donors (Lipinski definition) is 1. The van der Waals surface area contributed by atoms with E-state index in [0.29, 0.717) is 23.8 Å². The molecule has 2 aromatic rings. The number of methoxy groups -OCH3 is 1. The largest absolute Gasteiger partial charge is 0.469 e. The van der Waals surface area contributed by atoms with Crippen molar-refractivity contribution in [1.29, 1.82) is 0 Å². The molecule has 0 aliphatic carbocycles. The molecular formula is C15H17N3O4. The second-order valence-corrected chi connectivity index (χ2v) is 4.57. The van der Waals surface area contributed by atoms with Gasteiger partial charge in [0, 0.05) is 24.1 Å². The number of ether oxygens (including phenoxy) is 1. The summed E-state index contributed by atoms with van der Waals surface area (Å²) in [5.41, 5.74) is 1.41. The molecule has 0 saturated heterocycles. The first kappa shape index (κ1) is 15.7. The van der Waals surface area contributed by atoms with E-state index in [-0.39, 0.29) is 18.7 Å². The average Bonchev–Trinajstić information content (AvgIpc) is 3.02. The van der Waals surface area contributed by atoms with Crippen LogP contribution in [0.4, 0.5) is 5.69 Å². The van der Waals surface area contributed by atoms with Crippen LogP contribution in [0.1, 0.15) is 25.6 Å². The van der Waals surface area contributed by atoms with Crippen LogP contribution >= 0.6 is 0 Å². The highest BCUT2D eigenvalue weighted by Crippen LogP contribution is 2.20. The van der Waals surface area contributed by atoms with Gasteiger partial charge in [0.15, 0.2) is 5.82 Å². The molecule has 0 atom stereocenters. The number of nitrogens with zero attached hydrogens (tertiary/aromatic N) is 2. The summed E-state index contributed by atoms with van der Waals surface area (Å²) in [5, 5.41) is 6.53. The molecular weight excluding hydrogens is 286 g/mol. The second-order valence-electron chi connectivity index (χ2n) is 4.57. The number of nitrogens with one attached hydrogen (secondary N) is 1. The van der Waals surface area contributed by atoms with Gasteiger partial charge >= 0.3 is 5.97 Å². The first-order chi connectivity index (χ1) is 10.6. The van der Waals surface area contributed by atoms with Crippen molar-refractivity contribution in [3.05, 3.63) is 30.1 Å². The Morgan fingerprint density at radius 1 is 1.23 bits per heavy atom. The molecule has 0 aliphatic rings. The number of aryl methyl sites for hydroxylation is 1. The summed E-state index contributed by atoms with van der Waals surface area (Å²) in [4.78, 5) is 26.9. The summed E-state index contributed by atoms with van der Waals surface area (Å²) in [7, 11) is 1.29. The van der Waals surface area contributed by atoms with E-state index >= 15 is 0 Å². The van der Waals surface area contributed by atoms with E-state index in [1.54, 1.807) is 24.3 Å². The first-order valence-corrected chi connectivity index (χ1v) is 6.92. The zero-order valence-electron chi connectivity index (χ0n) is 12.5. The summed E-state index contributed by atoms with van der Waals surface area (Å²) in [6, 6.07) is 7.04. The number of hydrogen-bond acceptors (Lipinski definition) is 6. The molecule has 1 aromatic carbocycles. The lowest BCUT2D eigenvalue weighted by atomic mass is 10.2. The summed E-state index contributed by atoms with van der Waals surface area (Å²) in [6.45, 7) is 1.95. The van der Waals surface area contributed by atoms with Crippen molar-refractivity contribution in [3.63, 3.8) is 0 Å². The maximum absolute atomic E-state index is 11.7. The van der Waals surface area contributed by atoms with E-state index in [1.165, 1.54) is 7.11 Å². The topological polar surface area (TPSA) is 94.3 Å². The molecule has 1 amide bonds. The summed E-state index contributed by atoms with van der Waals surface area (Å²) in [5.74, 6) is 0.438. The van der Waals surface area contributed by atoms with Crippen LogP contribution in [0.15, 0.2) is 28.8 Å². The Morgan fingerprint density at radius 3 is 2.55 bits per heavy atom. The Hall–Kier alpha value is -2.70. The second kappa shape index (κ2) is 7.35. The summed E-state index contributed by atoms with van der Waals surface area (Å²) < 4.78 is 9.62. The fourth-order valence-corrected chi connectivity index (χ4v) is 1.75. The van der Waals surface area contributed by atoms with E-state index in [4.69, 9.17) is 4.52 Å². The molecule has 22 heavy (non-hydrogen) atoms. The van der Waals surface area contributed by atoms with Gasteiger partial charge in [-0.25, -0.2) is 0 Å². The van der Waals surface area contributed by atoms with Gasteiger partial charge < -0.3 is 14.6 Å². The Kier molecular flexibility index (Phi) is 5.24. The van der Waals surface area contributed by atoms with Crippen LogP contribution in [-0.4, -0.2) is 29.1 Å². The zero-order valence-corrected chi connectivity index (χ0v) is 12.5. The maximum atomic E-state index is 11.7. The molecule has 7 heteroatoms. The molecule has 1 aromatic heterocycles. The van der Waals surface area contributed by atoms with Crippen molar-refractivity contribution >= 4 is 17.6 Å². The summed E-state index contributed by atoms with van der Waals surface area (Å²) >= 11 is 0. The maximum Gasteiger partial charge on any atom is 0.306 e. The Labute approximate surface area is 127 Å². The number of carbonyl (C=O) groups excluding carboxylic acids is 2. The quantitative estimate of drug-likeness (QED) is 0.822. The highest BCUT2D eigenvalue weighted by atomic mass is 16.5. The van der Waals surface area contributed by atoms with Crippen LogP contribution < -0.4 is 5.32 Å². The fraction of sp³-hybridized carbons (Fsp3) is 0.333. The van der Waals surface area contributed by atoms with Crippen LogP contribution in [0.3, 0.4) is 0 Å². The van der Waals surface area contributed by atoms with Gasteiger partial charge in [-0.05, 0) is 24.3 Å². The van der Waals surface area contributed by atoms with Gasteiger partial charge in [0.05, 0.1) is 13.5 Å². The highest BCUT2D eigenvalue weighted by molar-refractivity contribution is 5.92. The average molecular weight is 303 g/mol. The smallest absolute Gasteiger partial charge is 0.306 e. The van der Waals surface area contributed by atoms with Gasteiger partial charge in [0.1, 0.15) is 0 Å². The van der Waals surface area contributed by atoms with Crippen LogP contribution in [0, 0.1) is 0 Å². The number of aromatic nitrogens is 2. The number of amides is 1. The lowest BCUT2D eigenvalue weighted by Crippen LogP contribution is -2.13. The van der Waals surface area contributed by atoms with Gasteiger partial charge in [0.25, 0.3) is 5.89 Å². The number of carbonyl (C=O) groups is 2. The van der Waals surface area contributed by atoms with E-state index in [1.807, 2.05) is 6.92 Å². The minimum absolute atomic E-state index is 0.0577. The molecule has 0 fully saturated rings. The standard InChI is InChI=1S/C15H17N3O4/c1-3-12-17-15(22-18-12)10-4-6-11(7-5-10)16-13(19)8-9-14(20)21-2/h4-7H,3,8-9H2,1-2H3,(H,16,19). The van der Waals surface area contributed by atoms with E-state index in [9.17, 15) is 9.59 Å². The molecule has 7 nitrogen and oxygen atoms in total. The number of rotatable bonds is 6. The molecule has 1 N–H and O–H groups in total. The molecule has 0 aliphatic heterocycles. The van der Waals surface area contributed by atoms with E-state index in [2.05, 4.69) is 20.2 Å². The minimum atomic E-state index is -0.409. The lowest BCUT2D eigenvalue weighted by Gasteiger charge is -2.05. The SMILES string of the molecule is CCc1noc(-c2ccc(NC(=O)CCC(=O)OC)cc2)n1. The monoisotopic (exact) mass is 303 g/mol. The third kappa shape index (κ3) is 4.15. The van der Waals surface area contributed by atoms with Crippen molar-refractivity contribution in [2.75, 3.05) is 12.4 Å². The Morgan fingerprint density at radius 2 is 1.95 bits per heavy atom. The fourth-order valence-electron chi connectivity index (χ4n) is 1.75. The molecule has 116 valence electrons. The van der Waals surface area contributed by atoms with Crippen molar-refractivity contribution in [3.8, 4) is 11.5 Å². The van der Waals surface area contributed by atoms with Crippen LogP contribution in [-0.2, 0) is 20.7 Å². The number of anilines is 1. The van der Waals surface area contributed by atoms with Gasteiger partial charge in [0.2, 0.25) is 5.91 Å². The Bertz CT molecular complexity index is 649. The Balaban J connectivity index is 1.94. The third-order valence-electron chi connectivity index (χ3n) is 2.98. The molecule has 0 radical (unpaired) electrons. The van der Waals surface area contributed by atoms with Crippen LogP contribution in [0.25, 0.3) is 11.5 Å². The summed E-state index contributed by atoms with van der Waals surface area (Å²) in [6.07, 6.45) is 0.845. The van der Waals surface area contributed by atoms with Gasteiger partial charge in [-0.1, -0.05) is 12.1 Å². The predicted octanol–water partition coefficient (Wildman–Crippen LogP) is 2.19. The number of benzene rings is 1. The molecule has 0 bridgehead atoms. The van der Waals surface area contributed by atoms with Gasteiger partial charge in [-0.15, -0.1) is 0 Å². The molecule has 2 rings (SSSR count). The molecule has 0 unspecified atom stereocenters. The van der Waals surface area contributed by atoms with Crippen molar-refractivity contribution < 1.29 is 18.8 Å². The normalized spacial score (nSPS) is 10.3. The third-order valence-corrected chi connectivity index (χ3v) is 2.98. The van der Waals surface area contributed by atoms with E-state index in [0.717, 1.165) is 5.56 Å². The first-order valence-electron chi connectivity index (χ1n) is 6.92. The van der Waals surface area contributed by atoms with E-state index < -0.39 is 5.97 Å². The van der Waals surface area contributed by atoms with Gasteiger partial charge in [-0.3, -0.25) is 9.59 Å². The van der Waals surface area contributed by atoms with Crippen LogP contribution in [0.2, 0.25) is 0 Å². The highest BCUT2D eigenvalue weighted by Gasteiger charge is 2.09. The van der Waals surface area contributed by atoms with Crippen molar-refractivity contribution in [2.24, 2.45) is 0 Å².